The Morgan fingerprint density at radius 3 is 2.85 bits per heavy atom. The maximum absolute atomic E-state index is 10.8. The summed E-state index contributed by atoms with van der Waals surface area (Å²) in [7, 11) is 1.61. The first-order valence-electron chi connectivity index (χ1n) is 10.8. The molecule has 0 spiro atoms. The molecule has 1 aliphatic rings. The quantitative estimate of drug-likeness (QED) is 0.350. The number of nitrogens with zero attached hydrogens (tertiary/aromatic N) is 4. The summed E-state index contributed by atoms with van der Waals surface area (Å²) < 4.78 is 19.5. The Morgan fingerprint density at radius 1 is 1.21 bits per heavy atom. The third kappa shape index (κ3) is 3.68. The molecular formula is C23H22N4O4S2. The first-order valence-corrected chi connectivity index (χ1v) is 12.5. The Bertz CT molecular complexity index is 1430. The molecule has 5 aromatic rings. The summed E-state index contributed by atoms with van der Waals surface area (Å²) in [5, 5.41) is 19.7. The van der Waals surface area contributed by atoms with Crippen molar-refractivity contribution in [2.24, 2.45) is 0 Å². The number of imidazole rings is 1. The molecule has 1 aromatic carbocycles. The number of fused-ring (bicyclic) bond motifs is 2. The summed E-state index contributed by atoms with van der Waals surface area (Å²) in [5.41, 5.74) is 1.38. The third-order valence-corrected chi connectivity index (χ3v) is 7.88. The van der Waals surface area contributed by atoms with Gasteiger partial charge in [-0.2, -0.15) is 5.10 Å². The molecule has 8 nitrogen and oxygen atoms in total. The van der Waals surface area contributed by atoms with Crippen molar-refractivity contribution in [2.45, 2.75) is 44.8 Å². The molecule has 4 heterocycles. The molecule has 0 amide bonds. The molecule has 1 saturated carbocycles. The van der Waals surface area contributed by atoms with Crippen LogP contribution in [0.2, 0.25) is 0 Å². The zero-order valence-electron chi connectivity index (χ0n) is 18.2. The Morgan fingerprint density at radius 2 is 2.06 bits per heavy atom. The molecule has 0 unspecified atom stereocenters. The molecule has 6 rings (SSSR count). The van der Waals surface area contributed by atoms with Crippen LogP contribution < -0.4 is 9.47 Å². The van der Waals surface area contributed by atoms with Crippen LogP contribution in [0.25, 0.3) is 27.4 Å². The van der Waals surface area contributed by atoms with E-state index in [4.69, 9.17) is 13.9 Å². The van der Waals surface area contributed by atoms with Gasteiger partial charge in [-0.25, -0.2) is 14.5 Å². The van der Waals surface area contributed by atoms with Gasteiger partial charge in [0.1, 0.15) is 45.0 Å². The molecule has 1 N–H and O–H groups in total. The number of furan rings is 1. The first kappa shape index (κ1) is 20.6. The topological polar surface area (TPSA) is 94.9 Å². The Hall–Kier alpha value is -2.95. The molecule has 4 aromatic heterocycles. The van der Waals surface area contributed by atoms with Crippen LogP contribution in [0.15, 0.2) is 34.2 Å². The van der Waals surface area contributed by atoms with E-state index in [0.29, 0.717) is 35.1 Å². The van der Waals surface area contributed by atoms with Gasteiger partial charge in [-0.15, -0.1) is 11.3 Å². The van der Waals surface area contributed by atoms with Gasteiger partial charge in [-0.3, -0.25) is 0 Å². The zero-order chi connectivity index (χ0) is 22.6. The number of aliphatic hydroxyl groups is 1. The van der Waals surface area contributed by atoms with Crippen LogP contribution in [-0.4, -0.2) is 31.8 Å². The summed E-state index contributed by atoms with van der Waals surface area (Å²) in [4.78, 5) is 10.1. The molecule has 1 aliphatic carbocycles. The summed E-state index contributed by atoms with van der Waals surface area (Å²) in [6, 6.07) is 5.61. The lowest BCUT2D eigenvalue weighted by molar-refractivity contribution is 0.0439. The van der Waals surface area contributed by atoms with E-state index >= 15 is 0 Å². The number of hydrogen-bond acceptors (Lipinski definition) is 9. The monoisotopic (exact) mass is 482 g/mol. The van der Waals surface area contributed by atoms with Gasteiger partial charge in [0.05, 0.1) is 24.4 Å². The standard InChI is InChI=1S/C23H22N4O4S2/c1-13-26-27-10-17(25-22(27)33-13)20-9-16-18(7-15(29-2)8-19(16)31-20)30-11-14-12-32-21(24-14)23(28)5-3-4-6-23/h7-10,12,28H,3-6,11H2,1-2H3. The lowest BCUT2D eigenvalue weighted by atomic mass is 10.0. The van der Waals surface area contributed by atoms with Crippen molar-refractivity contribution in [1.29, 1.82) is 0 Å². The van der Waals surface area contributed by atoms with E-state index in [1.807, 2.05) is 36.7 Å². The second-order valence-electron chi connectivity index (χ2n) is 8.29. The van der Waals surface area contributed by atoms with Gasteiger partial charge in [-0.1, -0.05) is 24.2 Å². The highest BCUT2D eigenvalue weighted by Gasteiger charge is 2.35. The minimum atomic E-state index is -0.780. The van der Waals surface area contributed by atoms with E-state index in [2.05, 4.69) is 15.1 Å². The van der Waals surface area contributed by atoms with Gasteiger partial charge in [0.25, 0.3) is 0 Å². The van der Waals surface area contributed by atoms with Crippen LogP contribution in [0, 0.1) is 6.92 Å². The summed E-state index contributed by atoms with van der Waals surface area (Å²) in [5.74, 6) is 1.92. The molecule has 10 heteroatoms. The largest absolute Gasteiger partial charge is 0.496 e. The number of aryl methyl sites for hydroxylation is 1. The van der Waals surface area contributed by atoms with Crippen LogP contribution in [0.5, 0.6) is 11.5 Å². The second-order valence-corrected chi connectivity index (χ2v) is 10.3. The predicted octanol–water partition coefficient (Wildman–Crippen LogP) is 5.32. The highest BCUT2D eigenvalue weighted by atomic mass is 32.1. The minimum absolute atomic E-state index is 0.290. The fourth-order valence-electron chi connectivity index (χ4n) is 4.28. The van der Waals surface area contributed by atoms with Crippen LogP contribution in [0.1, 0.15) is 41.4 Å². The zero-order valence-corrected chi connectivity index (χ0v) is 19.8. The van der Waals surface area contributed by atoms with E-state index < -0.39 is 5.60 Å². The molecule has 33 heavy (non-hydrogen) atoms. The molecule has 0 saturated heterocycles. The lowest BCUT2D eigenvalue weighted by Crippen LogP contribution is -2.20. The van der Waals surface area contributed by atoms with Crippen molar-refractivity contribution in [3.8, 4) is 23.0 Å². The fraction of sp³-hybridized carbons (Fsp3) is 0.348. The summed E-state index contributed by atoms with van der Waals surface area (Å²) in [6.07, 6.45) is 5.48. The van der Waals surface area contributed by atoms with E-state index in [-0.39, 0.29) is 0 Å². The smallest absolute Gasteiger partial charge is 0.212 e. The number of methoxy groups -OCH3 is 1. The van der Waals surface area contributed by atoms with Crippen molar-refractivity contribution in [2.75, 3.05) is 7.11 Å². The maximum Gasteiger partial charge on any atom is 0.212 e. The molecule has 0 atom stereocenters. The predicted molar refractivity (Wildman–Crippen MR) is 126 cm³/mol. The number of hydrogen-bond donors (Lipinski definition) is 1. The normalized spacial score (nSPS) is 15.6. The van der Waals surface area contributed by atoms with Gasteiger partial charge < -0.3 is 19.0 Å². The minimum Gasteiger partial charge on any atom is -0.496 e. The third-order valence-electron chi connectivity index (χ3n) is 5.96. The van der Waals surface area contributed by atoms with Crippen LogP contribution in [0.4, 0.5) is 0 Å². The number of ether oxygens (including phenoxy) is 2. The molecule has 1 fully saturated rings. The van der Waals surface area contributed by atoms with Crippen LogP contribution >= 0.6 is 22.7 Å². The highest BCUT2D eigenvalue weighted by Crippen LogP contribution is 2.40. The van der Waals surface area contributed by atoms with Gasteiger partial charge in [0.15, 0.2) is 5.76 Å². The van der Waals surface area contributed by atoms with Crippen LogP contribution in [0.3, 0.4) is 0 Å². The van der Waals surface area contributed by atoms with Gasteiger partial charge >= 0.3 is 0 Å². The summed E-state index contributed by atoms with van der Waals surface area (Å²) >= 11 is 3.03. The summed E-state index contributed by atoms with van der Waals surface area (Å²) in [6.45, 7) is 2.24. The fourth-order valence-corrected chi connectivity index (χ4v) is 5.96. The number of benzene rings is 1. The van der Waals surface area contributed by atoms with Gasteiger partial charge in [0, 0.05) is 17.5 Å². The number of thiazole rings is 1. The van der Waals surface area contributed by atoms with Crippen molar-refractivity contribution < 1.29 is 19.0 Å². The molecule has 0 aliphatic heterocycles. The molecule has 170 valence electrons. The first-order chi connectivity index (χ1) is 16.0. The Balaban J connectivity index is 1.30. The Labute approximate surface area is 197 Å². The highest BCUT2D eigenvalue weighted by molar-refractivity contribution is 7.16. The van der Waals surface area contributed by atoms with Gasteiger partial charge in [-0.05, 0) is 25.8 Å². The average Bonchev–Trinajstić information content (AvgIpc) is 3.59. The van der Waals surface area contributed by atoms with Crippen molar-refractivity contribution in [1.82, 2.24) is 19.6 Å². The maximum atomic E-state index is 10.8. The Kier molecular flexibility index (Phi) is 4.89. The molecule has 0 radical (unpaired) electrons. The number of aromatic nitrogens is 4. The van der Waals surface area contributed by atoms with E-state index in [0.717, 1.165) is 51.7 Å². The number of rotatable bonds is 6. The second kappa shape index (κ2) is 7.82. The molecule has 0 bridgehead atoms. The van der Waals surface area contributed by atoms with E-state index in [9.17, 15) is 5.11 Å². The SMILES string of the molecule is COc1cc(OCc2csc(C3(O)CCCC3)n2)c2cc(-c3cn4nc(C)sc4n3)oc2c1. The van der Waals surface area contributed by atoms with E-state index in [1.165, 1.54) is 22.7 Å². The van der Waals surface area contributed by atoms with Crippen molar-refractivity contribution >= 4 is 38.6 Å². The average molecular weight is 483 g/mol. The van der Waals surface area contributed by atoms with E-state index in [1.54, 1.807) is 11.6 Å². The lowest BCUT2D eigenvalue weighted by Gasteiger charge is -2.18. The van der Waals surface area contributed by atoms with Crippen molar-refractivity contribution in [3.63, 3.8) is 0 Å². The van der Waals surface area contributed by atoms with Crippen molar-refractivity contribution in [3.05, 3.63) is 45.5 Å². The van der Waals surface area contributed by atoms with Gasteiger partial charge in [0.2, 0.25) is 4.96 Å². The van der Waals surface area contributed by atoms with Crippen LogP contribution in [-0.2, 0) is 12.2 Å². The molecular weight excluding hydrogens is 460 g/mol.